The number of carbonyl (C=O) groups excluding carboxylic acids is 2. The maximum Gasteiger partial charge on any atom is 0.331 e. The smallest absolute Gasteiger partial charge is 0.331 e. The van der Waals surface area contributed by atoms with E-state index in [1.165, 1.54) is 7.11 Å². The summed E-state index contributed by atoms with van der Waals surface area (Å²) in [6.45, 7) is 12.8. The Kier molecular flexibility index (Phi) is 5.59. The van der Waals surface area contributed by atoms with Crippen LogP contribution in [-0.4, -0.2) is 24.6 Å². The molecule has 0 aliphatic rings. The number of urea groups is 1. The number of hydrogen-bond acceptors (Lipinski definition) is 3. The molecule has 0 unspecified atom stereocenters. The van der Waals surface area contributed by atoms with Crippen LogP contribution in [0.3, 0.4) is 0 Å². The van der Waals surface area contributed by atoms with Crippen molar-refractivity contribution in [2.45, 2.75) is 45.7 Å². The molecular weight excluding hydrogens is 292 g/mol. The van der Waals surface area contributed by atoms with E-state index < -0.39 is 23.1 Å². The largest absolute Gasteiger partial charge is 0.467 e. The Morgan fingerprint density at radius 1 is 1.13 bits per heavy atom. The summed E-state index contributed by atoms with van der Waals surface area (Å²) in [6.07, 6.45) is 0. The standard InChI is InChI=1S/C18H26N2O3/c1-12(2)13-9-8-10-14(11-13)17(3,4)19-16(22)20-18(5,6)15(21)23-7/h8-11H,1H2,2-7H3,(H2,19,20,22). The minimum atomic E-state index is -1.10. The number of rotatable bonds is 5. The molecule has 23 heavy (non-hydrogen) atoms. The maximum absolute atomic E-state index is 12.2. The molecule has 5 nitrogen and oxygen atoms in total. The van der Waals surface area contributed by atoms with E-state index in [4.69, 9.17) is 0 Å². The van der Waals surface area contributed by atoms with Gasteiger partial charge in [-0.05, 0) is 51.8 Å². The lowest BCUT2D eigenvalue weighted by Crippen LogP contribution is -2.56. The van der Waals surface area contributed by atoms with Crippen molar-refractivity contribution in [1.82, 2.24) is 10.6 Å². The van der Waals surface area contributed by atoms with Gasteiger partial charge in [0.15, 0.2) is 0 Å². The lowest BCUT2D eigenvalue weighted by Gasteiger charge is -2.30. The molecule has 1 aromatic carbocycles. The van der Waals surface area contributed by atoms with Gasteiger partial charge in [-0.1, -0.05) is 30.4 Å². The quantitative estimate of drug-likeness (QED) is 0.819. The van der Waals surface area contributed by atoms with Crippen molar-refractivity contribution >= 4 is 17.6 Å². The van der Waals surface area contributed by atoms with Crippen molar-refractivity contribution in [3.05, 3.63) is 42.0 Å². The van der Waals surface area contributed by atoms with Gasteiger partial charge in [-0.3, -0.25) is 0 Å². The Bertz CT molecular complexity index is 618. The molecule has 2 amide bonds. The fourth-order valence-corrected chi connectivity index (χ4v) is 2.15. The van der Waals surface area contributed by atoms with Crippen molar-refractivity contribution in [2.24, 2.45) is 0 Å². The first-order valence-electron chi connectivity index (χ1n) is 7.45. The molecule has 0 radical (unpaired) electrons. The third-order valence-electron chi connectivity index (χ3n) is 3.62. The minimum absolute atomic E-state index is 0.439. The number of allylic oxidation sites excluding steroid dienone is 1. The van der Waals surface area contributed by atoms with Crippen LogP contribution in [0.4, 0.5) is 4.79 Å². The van der Waals surface area contributed by atoms with Gasteiger partial charge in [0.1, 0.15) is 5.54 Å². The second kappa shape index (κ2) is 6.86. The Hall–Kier alpha value is -2.30. The van der Waals surface area contributed by atoms with Gasteiger partial charge in [-0.15, -0.1) is 0 Å². The zero-order valence-corrected chi connectivity index (χ0v) is 14.7. The summed E-state index contributed by atoms with van der Waals surface area (Å²) in [7, 11) is 1.29. The molecule has 0 atom stereocenters. The van der Waals surface area contributed by atoms with Gasteiger partial charge >= 0.3 is 12.0 Å². The van der Waals surface area contributed by atoms with Crippen LogP contribution >= 0.6 is 0 Å². The third-order valence-corrected chi connectivity index (χ3v) is 3.62. The Labute approximate surface area is 138 Å². The van der Waals surface area contributed by atoms with E-state index in [9.17, 15) is 9.59 Å². The van der Waals surface area contributed by atoms with Gasteiger partial charge in [0.2, 0.25) is 0 Å². The molecule has 0 spiro atoms. The van der Waals surface area contributed by atoms with E-state index in [0.717, 1.165) is 16.7 Å². The van der Waals surface area contributed by atoms with E-state index in [1.807, 2.05) is 45.0 Å². The van der Waals surface area contributed by atoms with E-state index in [1.54, 1.807) is 13.8 Å². The van der Waals surface area contributed by atoms with Crippen molar-refractivity contribution in [1.29, 1.82) is 0 Å². The van der Waals surface area contributed by atoms with Crippen LogP contribution in [0.2, 0.25) is 0 Å². The maximum atomic E-state index is 12.2. The molecule has 0 fully saturated rings. The van der Waals surface area contributed by atoms with Crippen LogP contribution in [0.5, 0.6) is 0 Å². The lowest BCUT2D eigenvalue weighted by molar-refractivity contribution is -0.146. The summed E-state index contributed by atoms with van der Waals surface area (Å²) >= 11 is 0. The molecule has 2 N–H and O–H groups in total. The summed E-state index contributed by atoms with van der Waals surface area (Å²) < 4.78 is 4.68. The van der Waals surface area contributed by atoms with Gasteiger partial charge in [-0.2, -0.15) is 0 Å². The van der Waals surface area contributed by atoms with Crippen molar-refractivity contribution in [3.63, 3.8) is 0 Å². The van der Waals surface area contributed by atoms with Gasteiger partial charge in [-0.25, -0.2) is 9.59 Å². The predicted octanol–water partition coefficient (Wildman–Crippen LogP) is 3.21. The first kappa shape index (κ1) is 18.7. The summed E-state index contributed by atoms with van der Waals surface area (Å²) in [4.78, 5) is 23.9. The highest BCUT2D eigenvalue weighted by atomic mass is 16.5. The summed E-state index contributed by atoms with van der Waals surface area (Å²) in [5.74, 6) is -0.505. The monoisotopic (exact) mass is 318 g/mol. The van der Waals surface area contributed by atoms with E-state index in [0.29, 0.717) is 0 Å². The van der Waals surface area contributed by atoms with E-state index in [-0.39, 0.29) is 0 Å². The highest BCUT2D eigenvalue weighted by Crippen LogP contribution is 2.23. The summed E-state index contributed by atoms with van der Waals surface area (Å²) in [5.41, 5.74) is 1.21. The van der Waals surface area contributed by atoms with Gasteiger partial charge in [0.25, 0.3) is 0 Å². The molecule has 0 aliphatic heterocycles. The van der Waals surface area contributed by atoms with Crippen LogP contribution < -0.4 is 10.6 Å². The summed E-state index contributed by atoms with van der Waals surface area (Å²) in [6, 6.07) is 7.40. The molecule has 0 saturated heterocycles. The van der Waals surface area contributed by atoms with Gasteiger partial charge in [0, 0.05) is 0 Å². The lowest BCUT2D eigenvalue weighted by atomic mass is 9.91. The van der Waals surface area contributed by atoms with E-state index >= 15 is 0 Å². The minimum Gasteiger partial charge on any atom is -0.467 e. The first-order valence-corrected chi connectivity index (χ1v) is 7.45. The molecule has 0 aromatic heterocycles. The number of carbonyl (C=O) groups is 2. The van der Waals surface area contributed by atoms with Crippen LogP contribution in [0, 0.1) is 0 Å². The number of hydrogen-bond donors (Lipinski definition) is 2. The molecule has 0 aliphatic carbocycles. The molecule has 1 aromatic rings. The number of esters is 1. The first-order chi connectivity index (χ1) is 10.5. The highest BCUT2D eigenvalue weighted by molar-refractivity contribution is 5.86. The topological polar surface area (TPSA) is 67.4 Å². The summed E-state index contributed by atoms with van der Waals surface area (Å²) in [5, 5.41) is 5.51. The Morgan fingerprint density at radius 3 is 2.26 bits per heavy atom. The Morgan fingerprint density at radius 2 is 1.74 bits per heavy atom. The molecule has 1 rings (SSSR count). The Balaban J connectivity index is 2.90. The van der Waals surface area contributed by atoms with Crippen LogP contribution in [0.25, 0.3) is 5.57 Å². The molecule has 0 saturated carbocycles. The number of methoxy groups -OCH3 is 1. The van der Waals surface area contributed by atoms with Gasteiger partial charge < -0.3 is 15.4 Å². The predicted molar refractivity (Wildman–Crippen MR) is 91.9 cm³/mol. The number of amides is 2. The van der Waals surface area contributed by atoms with Crippen LogP contribution in [-0.2, 0) is 15.1 Å². The van der Waals surface area contributed by atoms with Crippen molar-refractivity contribution in [3.8, 4) is 0 Å². The second-order valence-corrected chi connectivity index (χ2v) is 6.68. The normalized spacial score (nSPS) is 11.6. The number of nitrogens with one attached hydrogen (secondary N) is 2. The average molecular weight is 318 g/mol. The van der Waals surface area contributed by atoms with E-state index in [2.05, 4.69) is 21.9 Å². The SMILES string of the molecule is C=C(C)c1cccc(C(C)(C)NC(=O)NC(C)(C)C(=O)OC)c1. The fourth-order valence-electron chi connectivity index (χ4n) is 2.15. The molecule has 5 heteroatoms. The fraction of sp³-hybridized carbons (Fsp3) is 0.444. The zero-order valence-electron chi connectivity index (χ0n) is 14.7. The van der Waals surface area contributed by atoms with Crippen molar-refractivity contribution in [2.75, 3.05) is 7.11 Å². The molecule has 0 bridgehead atoms. The van der Waals surface area contributed by atoms with Crippen LogP contribution in [0.1, 0.15) is 45.7 Å². The van der Waals surface area contributed by atoms with Crippen molar-refractivity contribution < 1.29 is 14.3 Å². The number of benzene rings is 1. The highest BCUT2D eigenvalue weighted by Gasteiger charge is 2.32. The molecule has 126 valence electrons. The molecule has 0 heterocycles. The van der Waals surface area contributed by atoms with Gasteiger partial charge in [0.05, 0.1) is 12.6 Å². The third kappa shape index (κ3) is 4.84. The average Bonchev–Trinajstić information content (AvgIpc) is 2.45. The zero-order chi connectivity index (χ0) is 17.8. The molecular formula is C18H26N2O3. The number of ether oxygens (including phenoxy) is 1. The second-order valence-electron chi connectivity index (χ2n) is 6.68. The van der Waals surface area contributed by atoms with Crippen LogP contribution in [0.15, 0.2) is 30.8 Å².